The Kier molecular flexibility index (Phi) is 9.42. The van der Waals surface area contributed by atoms with Crippen molar-refractivity contribution in [3.8, 4) is 5.75 Å². The van der Waals surface area contributed by atoms with E-state index in [1.165, 1.54) is 7.11 Å². The van der Waals surface area contributed by atoms with Crippen LogP contribution in [0, 0.1) is 0 Å². The number of ether oxygens (including phenoxy) is 1. The van der Waals surface area contributed by atoms with Crippen molar-refractivity contribution in [2.75, 3.05) is 63.2 Å². The molecule has 2 amide bonds. The smallest absolute Gasteiger partial charge is 0.272 e. The van der Waals surface area contributed by atoms with Gasteiger partial charge >= 0.3 is 0 Å². The van der Waals surface area contributed by atoms with Crippen LogP contribution in [0.15, 0.2) is 36.4 Å². The van der Waals surface area contributed by atoms with Gasteiger partial charge in [-0.25, -0.2) is 8.42 Å². The molecule has 2 aromatic carbocycles. The summed E-state index contributed by atoms with van der Waals surface area (Å²) in [7, 11) is 1.58. The van der Waals surface area contributed by atoms with Crippen molar-refractivity contribution < 1.29 is 27.9 Å². The number of nitrogens with one attached hydrogen (secondary N) is 2. The Labute approximate surface area is 271 Å². The first-order valence-corrected chi connectivity index (χ1v) is 17.4. The molecule has 3 aromatic rings. The molecule has 0 aliphatic carbocycles. The van der Waals surface area contributed by atoms with Gasteiger partial charge in [0, 0.05) is 51.7 Å². The molecule has 0 spiro atoms. The number of aromatic nitrogens is 1. The molecule has 13 heteroatoms. The average Bonchev–Trinajstić information content (AvgIpc) is 3.49. The van der Waals surface area contributed by atoms with Gasteiger partial charge in [-0.15, -0.1) is 0 Å². The number of fused-ring (bicyclic) bond motifs is 1. The molecule has 2 saturated heterocycles. The number of likely N-dealkylation sites (N-methyl/N-ethyl adjacent to an activating group) is 1. The van der Waals surface area contributed by atoms with Crippen LogP contribution in [0.25, 0.3) is 10.9 Å². The lowest BCUT2D eigenvalue weighted by atomic mass is 9.86. The van der Waals surface area contributed by atoms with Gasteiger partial charge in [-0.2, -0.15) is 0 Å². The van der Waals surface area contributed by atoms with E-state index in [1.807, 2.05) is 73.5 Å². The van der Waals surface area contributed by atoms with E-state index in [0.29, 0.717) is 44.0 Å². The normalized spacial score (nSPS) is 19.9. The first-order valence-electron chi connectivity index (χ1n) is 15.5. The SMILES string of the molecule is COc1c(NC(=O)c2cc3cccc(CN4CCN(C(=O)[C@H]5C[C@H](O)CN5C)CC4)c3n2C)cc(C(C)(C)C)cc1NS(C)(=O)=O. The topological polar surface area (TPSA) is 136 Å². The molecule has 2 fully saturated rings. The number of hydrogen-bond acceptors (Lipinski definition) is 8. The maximum absolute atomic E-state index is 13.8. The standard InChI is InChI=1S/C33H46N6O6S/c1-33(2,3)23-16-25(30(45-6)26(17-23)35-46(7,43)44)34-31(41)27-15-21-9-8-10-22(29(21)37(27)5)19-38-11-13-39(14-12-38)32(42)28-18-24(40)20-36(28)4/h8-10,15-17,24,28,35,40H,11-14,18-20H2,1-7H3,(H,34,41)/t24-,28+/m0/s1. The Balaban J connectivity index is 1.35. The van der Waals surface area contributed by atoms with Gasteiger partial charge in [-0.3, -0.25) is 24.1 Å². The van der Waals surface area contributed by atoms with Crippen LogP contribution in [0.1, 0.15) is 48.8 Å². The molecule has 1 aromatic heterocycles. The molecule has 250 valence electrons. The lowest BCUT2D eigenvalue weighted by Gasteiger charge is -2.37. The lowest BCUT2D eigenvalue weighted by molar-refractivity contribution is -0.137. The summed E-state index contributed by atoms with van der Waals surface area (Å²) in [5.74, 6) is -0.0455. The van der Waals surface area contributed by atoms with E-state index in [0.717, 1.165) is 41.4 Å². The van der Waals surface area contributed by atoms with Crippen molar-refractivity contribution in [2.24, 2.45) is 7.05 Å². The molecule has 5 rings (SSSR count). The van der Waals surface area contributed by atoms with Gasteiger partial charge in [-0.05, 0) is 48.2 Å². The van der Waals surface area contributed by atoms with Gasteiger partial charge in [0.05, 0.1) is 42.4 Å². The van der Waals surface area contributed by atoms with Gasteiger partial charge < -0.3 is 24.6 Å². The Hall–Kier alpha value is -3.65. The summed E-state index contributed by atoms with van der Waals surface area (Å²) < 4.78 is 34.3. The van der Waals surface area contributed by atoms with Crippen LogP contribution in [0.3, 0.4) is 0 Å². The fraction of sp³-hybridized carbons (Fsp3) is 0.515. The maximum atomic E-state index is 13.8. The summed E-state index contributed by atoms with van der Waals surface area (Å²) in [4.78, 5) is 33.0. The molecule has 0 radical (unpaired) electrons. The summed E-state index contributed by atoms with van der Waals surface area (Å²) in [5, 5.41) is 13.9. The van der Waals surface area contributed by atoms with Crippen molar-refractivity contribution in [3.05, 3.63) is 53.2 Å². The first-order chi connectivity index (χ1) is 21.6. The minimum Gasteiger partial charge on any atom is -0.492 e. The summed E-state index contributed by atoms with van der Waals surface area (Å²) >= 11 is 0. The number of amides is 2. The Bertz CT molecular complexity index is 1740. The number of rotatable bonds is 8. The number of methoxy groups -OCH3 is 1. The molecule has 0 saturated carbocycles. The zero-order chi connectivity index (χ0) is 33.6. The molecule has 3 heterocycles. The minimum atomic E-state index is -3.61. The molecule has 2 aliphatic heterocycles. The average molecular weight is 655 g/mol. The number of para-hydroxylation sites is 1. The largest absolute Gasteiger partial charge is 0.492 e. The summed E-state index contributed by atoms with van der Waals surface area (Å²) in [6.07, 6.45) is 1.10. The molecule has 2 atom stereocenters. The van der Waals surface area contributed by atoms with E-state index in [-0.39, 0.29) is 34.7 Å². The van der Waals surface area contributed by atoms with Crippen LogP contribution in [0.4, 0.5) is 11.4 Å². The van der Waals surface area contributed by atoms with E-state index in [2.05, 4.69) is 21.0 Å². The number of piperazine rings is 1. The number of aliphatic hydroxyl groups is 1. The van der Waals surface area contributed by atoms with E-state index in [1.54, 1.807) is 6.07 Å². The zero-order valence-corrected chi connectivity index (χ0v) is 28.6. The first kappa shape index (κ1) is 33.7. The van der Waals surface area contributed by atoms with E-state index >= 15 is 0 Å². The second-order valence-electron chi connectivity index (χ2n) is 13.6. The van der Waals surface area contributed by atoms with Gasteiger partial charge in [0.15, 0.2) is 5.75 Å². The number of hydrogen-bond donors (Lipinski definition) is 3. The predicted octanol–water partition coefficient (Wildman–Crippen LogP) is 2.82. The number of β-amino-alcohol motifs (C(OH)–C–C–N with tert-alkyl or cyclic N) is 1. The fourth-order valence-electron chi connectivity index (χ4n) is 6.52. The van der Waals surface area contributed by atoms with Crippen molar-refractivity contribution >= 4 is 44.1 Å². The van der Waals surface area contributed by atoms with Crippen LogP contribution in [-0.4, -0.2) is 110 Å². The quantitative estimate of drug-likeness (QED) is 0.338. The number of sulfonamides is 1. The van der Waals surface area contributed by atoms with Gasteiger partial charge in [-0.1, -0.05) is 39.0 Å². The van der Waals surface area contributed by atoms with E-state index in [4.69, 9.17) is 4.74 Å². The predicted molar refractivity (Wildman–Crippen MR) is 180 cm³/mol. The second-order valence-corrected chi connectivity index (χ2v) is 15.3. The molecule has 12 nitrogen and oxygen atoms in total. The number of carbonyl (C=O) groups is 2. The summed E-state index contributed by atoms with van der Waals surface area (Å²) in [6, 6.07) is 11.2. The molecule has 0 bridgehead atoms. The number of benzene rings is 2. The number of carbonyl (C=O) groups excluding carboxylic acids is 2. The number of anilines is 2. The lowest BCUT2D eigenvalue weighted by Crippen LogP contribution is -2.52. The molecule has 3 N–H and O–H groups in total. The van der Waals surface area contributed by atoms with Crippen molar-refractivity contribution in [2.45, 2.75) is 51.3 Å². The highest BCUT2D eigenvalue weighted by Gasteiger charge is 2.37. The van der Waals surface area contributed by atoms with Crippen molar-refractivity contribution in [1.82, 2.24) is 19.3 Å². The number of nitrogens with zero attached hydrogens (tertiary/aromatic N) is 4. The number of aliphatic hydroxyl groups excluding tert-OH is 1. The van der Waals surface area contributed by atoms with Crippen LogP contribution < -0.4 is 14.8 Å². The second kappa shape index (κ2) is 12.9. The monoisotopic (exact) mass is 654 g/mol. The molecule has 2 aliphatic rings. The maximum Gasteiger partial charge on any atom is 0.272 e. The molecule has 46 heavy (non-hydrogen) atoms. The number of aryl methyl sites for hydroxylation is 1. The number of likely N-dealkylation sites (tertiary alicyclic amines) is 1. The highest BCUT2D eigenvalue weighted by atomic mass is 32.2. The third-order valence-corrected chi connectivity index (χ3v) is 9.55. The Morgan fingerprint density at radius 1 is 1.04 bits per heavy atom. The summed E-state index contributed by atoms with van der Waals surface area (Å²) in [6.45, 7) is 9.92. The fourth-order valence-corrected chi connectivity index (χ4v) is 7.07. The van der Waals surface area contributed by atoms with Crippen LogP contribution in [0.5, 0.6) is 5.75 Å². The molecule has 0 unspecified atom stereocenters. The van der Waals surface area contributed by atoms with Gasteiger partial charge in [0.25, 0.3) is 5.91 Å². The third kappa shape index (κ3) is 7.17. The Morgan fingerprint density at radius 3 is 2.30 bits per heavy atom. The minimum absolute atomic E-state index is 0.0859. The van der Waals surface area contributed by atoms with Crippen LogP contribution >= 0.6 is 0 Å². The van der Waals surface area contributed by atoms with E-state index < -0.39 is 16.1 Å². The highest BCUT2D eigenvalue weighted by Crippen LogP contribution is 2.39. The Morgan fingerprint density at radius 2 is 1.72 bits per heavy atom. The van der Waals surface area contributed by atoms with Crippen LogP contribution in [0.2, 0.25) is 0 Å². The third-order valence-electron chi connectivity index (χ3n) is 8.96. The van der Waals surface area contributed by atoms with Crippen molar-refractivity contribution in [3.63, 3.8) is 0 Å². The van der Waals surface area contributed by atoms with Gasteiger partial charge in [0.2, 0.25) is 15.9 Å². The summed E-state index contributed by atoms with van der Waals surface area (Å²) in [5.41, 5.74) is 3.57. The van der Waals surface area contributed by atoms with Crippen molar-refractivity contribution in [1.29, 1.82) is 0 Å². The molecular formula is C33H46N6O6S. The highest BCUT2D eigenvalue weighted by molar-refractivity contribution is 7.92. The van der Waals surface area contributed by atoms with E-state index in [9.17, 15) is 23.1 Å². The van der Waals surface area contributed by atoms with Gasteiger partial charge in [0.1, 0.15) is 5.69 Å². The zero-order valence-electron chi connectivity index (χ0n) is 27.8. The molecular weight excluding hydrogens is 608 g/mol. The van der Waals surface area contributed by atoms with Crippen LogP contribution in [-0.2, 0) is 33.8 Å².